The van der Waals surface area contributed by atoms with Crippen LogP contribution in [0.4, 0.5) is 0 Å². The van der Waals surface area contributed by atoms with Gasteiger partial charge in [0.05, 0.1) is 0 Å². The highest BCUT2D eigenvalue weighted by atomic mass is 16.5. The van der Waals surface area contributed by atoms with Crippen molar-refractivity contribution in [1.29, 1.82) is 0 Å². The number of esters is 1. The van der Waals surface area contributed by atoms with Crippen LogP contribution in [-0.4, -0.2) is 18.0 Å². The lowest BCUT2D eigenvalue weighted by Crippen LogP contribution is -2.55. The van der Waals surface area contributed by atoms with E-state index in [1.165, 1.54) is 11.1 Å². The lowest BCUT2D eigenvalue weighted by molar-refractivity contribution is -0.157. The minimum atomic E-state index is -0.156. The van der Waals surface area contributed by atoms with Crippen LogP contribution >= 0.6 is 0 Å². The van der Waals surface area contributed by atoms with Gasteiger partial charge in [-0.15, -0.1) is 0 Å². The average Bonchev–Trinajstić information content (AvgIpc) is 3.04. The van der Waals surface area contributed by atoms with Gasteiger partial charge < -0.3 is 10.1 Å². The number of nitrogens with one attached hydrogen (secondary N) is 1. The van der Waals surface area contributed by atoms with E-state index in [4.69, 9.17) is 4.74 Å². The second kappa shape index (κ2) is 7.21. The van der Waals surface area contributed by atoms with Crippen LogP contribution in [0.3, 0.4) is 0 Å². The van der Waals surface area contributed by atoms with Crippen LogP contribution in [0, 0.1) is 35.5 Å². The molecule has 0 bridgehead atoms. The molecule has 0 unspecified atom stereocenters. The van der Waals surface area contributed by atoms with Crippen molar-refractivity contribution in [2.45, 2.75) is 78.2 Å². The smallest absolute Gasteiger partial charge is 0.302 e. The summed E-state index contributed by atoms with van der Waals surface area (Å²) in [7, 11) is 0. The Kier molecular flexibility index (Phi) is 4.84. The summed E-state index contributed by atoms with van der Waals surface area (Å²) in [6.07, 6.45) is 8.26. The van der Waals surface area contributed by atoms with Gasteiger partial charge in [-0.25, -0.2) is 0 Å². The van der Waals surface area contributed by atoms with Gasteiger partial charge in [-0.1, -0.05) is 49.8 Å². The molecular formula is C27H35NO3. The van der Waals surface area contributed by atoms with Crippen molar-refractivity contribution >= 4 is 11.9 Å². The summed E-state index contributed by atoms with van der Waals surface area (Å²) < 4.78 is 5.85. The van der Waals surface area contributed by atoms with Crippen molar-refractivity contribution in [3.8, 4) is 0 Å². The standard InChI is InChI=1S/C27H35NO3/c1-16-5-7-18(8-6-16)19-15-22-26(3,14-12-24(30)28-22)21-11-13-27(4)20(25(19)21)9-10-23(27)31-17(2)29/h5-8,15,19-21,23,25H,9-14H2,1-4H3,(H,28,30)/t19-,20+,21+,23+,25+,26-,27+/m1/s1. The molecule has 1 saturated heterocycles. The van der Waals surface area contributed by atoms with Crippen LogP contribution in [0.1, 0.15) is 76.3 Å². The van der Waals surface area contributed by atoms with Gasteiger partial charge in [0.25, 0.3) is 0 Å². The second-order valence-corrected chi connectivity index (χ2v) is 11.0. The minimum Gasteiger partial charge on any atom is -0.462 e. The molecule has 1 heterocycles. The highest BCUT2D eigenvalue weighted by molar-refractivity contribution is 5.79. The molecule has 166 valence electrons. The van der Waals surface area contributed by atoms with Gasteiger partial charge in [0.1, 0.15) is 6.10 Å². The van der Waals surface area contributed by atoms with Crippen molar-refractivity contribution in [2.24, 2.45) is 28.6 Å². The van der Waals surface area contributed by atoms with Crippen molar-refractivity contribution in [3.05, 3.63) is 47.2 Å². The maximum Gasteiger partial charge on any atom is 0.302 e. The van der Waals surface area contributed by atoms with E-state index in [1.807, 2.05) is 0 Å². The summed E-state index contributed by atoms with van der Waals surface area (Å²) in [6.45, 7) is 8.41. The average molecular weight is 422 g/mol. The predicted molar refractivity (Wildman–Crippen MR) is 120 cm³/mol. The zero-order valence-corrected chi connectivity index (χ0v) is 19.2. The fourth-order valence-electron chi connectivity index (χ4n) is 7.66. The molecule has 0 radical (unpaired) electrons. The quantitative estimate of drug-likeness (QED) is 0.662. The lowest BCUT2D eigenvalue weighted by Gasteiger charge is -2.59. The molecule has 1 aliphatic heterocycles. The predicted octanol–water partition coefficient (Wildman–Crippen LogP) is 5.27. The molecule has 0 aromatic heterocycles. The molecule has 31 heavy (non-hydrogen) atoms. The number of hydrogen-bond donors (Lipinski definition) is 1. The van der Waals surface area contributed by atoms with E-state index in [1.54, 1.807) is 6.92 Å². The molecule has 1 aromatic rings. The fraction of sp³-hybridized carbons (Fsp3) is 0.630. The molecule has 2 saturated carbocycles. The number of aryl methyl sites for hydroxylation is 1. The Morgan fingerprint density at radius 3 is 2.52 bits per heavy atom. The molecule has 3 aliphatic carbocycles. The maximum atomic E-state index is 12.3. The Morgan fingerprint density at radius 1 is 1.06 bits per heavy atom. The third kappa shape index (κ3) is 3.16. The van der Waals surface area contributed by atoms with Gasteiger partial charge in [0, 0.05) is 35.8 Å². The molecule has 4 nitrogen and oxygen atoms in total. The van der Waals surface area contributed by atoms with Crippen molar-refractivity contribution in [3.63, 3.8) is 0 Å². The van der Waals surface area contributed by atoms with E-state index in [-0.39, 0.29) is 34.7 Å². The third-order valence-corrected chi connectivity index (χ3v) is 9.36. The third-order valence-electron chi connectivity index (χ3n) is 9.36. The number of hydrogen-bond acceptors (Lipinski definition) is 3. The first-order valence-corrected chi connectivity index (χ1v) is 12.0. The summed E-state index contributed by atoms with van der Waals surface area (Å²) in [5, 5.41) is 3.26. The maximum absolute atomic E-state index is 12.3. The molecule has 1 N–H and O–H groups in total. The number of ether oxygens (including phenoxy) is 1. The van der Waals surface area contributed by atoms with E-state index < -0.39 is 0 Å². The number of amides is 1. The molecular weight excluding hydrogens is 386 g/mol. The molecule has 1 aromatic carbocycles. The van der Waals surface area contributed by atoms with Crippen molar-refractivity contribution in [1.82, 2.24) is 5.32 Å². The highest BCUT2D eigenvalue weighted by Gasteiger charge is 2.61. The van der Waals surface area contributed by atoms with E-state index >= 15 is 0 Å². The van der Waals surface area contributed by atoms with Crippen LogP contribution in [-0.2, 0) is 14.3 Å². The molecule has 7 atom stereocenters. The summed E-state index contributed by atoms with van der Waals surface area (Å²) in [5.41, 5.74) is 3.82. The number of piperidine rings is 1. The Labute approximate surface area is 185 Å². The number of rotatable bonds is 2. The van der Waals surface area contributed by atoms with Gasteiger partial charge in [0.15, 0.2) is 0 Å². The van der Waals surface area contributed by atoms with Gasteiger partial charge in [-0.05, 0) is 62.3 Å². The first-order valence-electron chi connectivity index (χ1n) is 12.0. The Morgan fingerprint density at radius 2 is 1.81 bits per heavy atom. The van der Waals surface area contributed by atoms with Crippen LogP contribution < -0.4 is 5.32 Å². The fourth-order valence-corrected chi connectivity index (χ4v) is 7.66. The zero-order valence-electron chi connectivity index (χ0n) is 19.2. The topological polar surface area (TPSA) is 55.4 Å². The SMILES string of the molecule is CC(=O)O[C@H]1CC[C@H]2[C@@H]3[C@@H](c4ccc(C)cc4)C=C4NC(=O)CC[C@]4(C)[C@H]3CC[C@]12C. The Hall–Kier alpha value is -2.10. The van der Waals surface area contributed by atoms with Crippen LogP contribution in [0.25, 0.3) is 0 Å². The van der Waals surface area contributed by atoms with Crippen LogP contribution in [0.2, 0.25) is 0 Å². The summed E-state index contributed by atoms with van der Waals surface area (Å²) >= 11 is 0. The number of carbonyl (C=O) groups excluding carboxylic acids is 2. The Bertz CT molecular complexity index is 934. The molecule has 4 heteroatoms. The number of fused-ring (bicyclic) bond motifs is 5. The van der Waals surface area contributed by atoms with Crippen molar-refractivity contribution in [2.75, 3.05) is 0 Å². The summed E-state index contributed by atoms with van der Waals surface area (Å²) in [5.74, 6) is 1.85. The Balaban J connectivity index is 1.60. The van der Waals surface area contributed by atoms with Gasteiger partial charge in [0.2, 0.25) is 5.91 Å². The summed E-state index contributed by atoms with van der Waals surface area (Å²) in [6, 6.07) is 8.95. The molecule has 5 rings (SSSR count). The van der Waals surface area contributed by atoms with Gasteiger partial charge in [-0.2, -0.15) is 0 Å². The van der Waals surface area contributed by atoms with Crippen molar-refractivity contribution < 1.29 is 14.3 Å². The largest absolute Gasteiger partial charge is 0.462 e. The monoisotopic (exact) mass is 421 g/mol. The number of allylic oxidation sites excluding steroid dienone is 2. The first kappa shape index (κ1) is 20.8. The van der Waals surface area contributed by atoms with Gasteiger partial charge >= 0.3 is 5.97 Å². The summed E-state index contributed by atoms with van der Waals surface area (Å²) in [4.78, 5) is 24.1. The molecule has 1 amide bonds. The highest BCUT2D eigenvalue weighted by Crippen LogP contribution is 2.66. The normalized spacial score (nSPS) is 41.4. The lowest BCUT2D eigenvalue weighted by atomic mass is 9.47. The number of carbonyl (C=O) groups is 2. The van der Waals surface area contributed by atoms with E-state index in [9.17, 15) is 9.59 Å². The number of benzene rings is 1. The van der Waals surface area contributed by atoms with Crippen LogP contribution in [0.15, 0.2) is 36.0 Å². The first-order chi connectivity index (χ1) is 14.7. The van der Waals surface area contributed by atoms with E-state index in [0.29, 0.717) is 24.2 Å². The van der Waals surface area contributed by atoms with Gasteiger partial charge in [-0.3, -0.25) is 9.59 Å². The molecule has 3 fully saturated rings. The molecule has 0 spiro atoms. The van der Waals surface area contributed by atoms with E-state index in [0.717, 1.165) is 37.8 Å². The van der Waals surface area contributed by atoms with E-state index in [2.05, 4.69) is 56.4 Å². The zero-order chi connectivity index (χ0) is 22.0. The van der Waals surface area contributed by atoms with Crippen LogP contribution in [0.5, 0.6) is 0 Å². The minimum absolute atomic E-state index is 0.0267. The molecule has 4 aliphatic rings. The second-order valence-electron chi connectivity index (χ2n) is 11.0.